The second-order valence-corrected chi connectivity index (χ2v) is 6.07. The first-order chi connectivity index (χ1) is 10.1. The number of fused-ring (bicyclic) bond motifs is 1. The number of aryl methyl sites for hydroxylation is 2. The lowest BCUT2D eigenvalue weighted by Crippen LogP contribution is -2.25. The lowest BCUT2D eigenvalue weighted by Gasteiger charge is -2.18. The molecule has 0 bridgehead atoms. The molecule has 0 aromatic carbocycles. The Kier molecular flexibility index (Phi) is 5.59. The van der Waals surface area contributed by atoms with Gasteiger partial charge in [0.15, 0.2) is 5.65 Å². The van der Waals surface area contributed by atoms with Gasteiger partial charge < -0.3 is 9.47 Å². The molecule has 2 aromatic rings. The van der Waals surface area contributed by atoms with E-state index in [-0.39, 0.29) is 5.38 Å². The molecule has 0 fully saturated rings. The Bertz CT molecular complexity index is 587. The SMILES string of the molecule is CCN(CC)CCCn1c(C(C)Cl)nc2ccc(C)nc21. The summed E-state index contributed by atoms with van der Waals surface area (Å²) < 4.78 is 2.18. The van der Waals surface area contributed by atoms with Gasteiger partial charge in [0, 0.05) is 12.2 Å². The molecule has 5 heteroatoms. The first kappa shape index (κ1) is 16.2. The zero-order valence-electron chi connectivity index (χ0n) is 13.4. The van der Waals surface area contributed by atoms with Crippen molar-refractivity contribution < 1.29 is 0 Å². The second kappa shape index (κ2) is 7.23. The minimum Gasteiger partial charge on any atom is -0.311 e. The highest BCUT2D eigenvalue weighted by Crippen LogP contribution is 2.24. The lowest BCUT2D eigenvalue weighted by atomic mass is 10.3. The molecule has 2 heterocycles. The van der Waals surface area contributed by atoms with Crippen molar-refractivity contribution >= 4 is 22.8 Å². The van der Waals surface area contributed by atoms with Crippen molar-refractivity contribution in [3.63, 3.8) is 0 Å². The van der Waals surface area contributed by atoms with E-state index < -0.39 is 0 Å². The van der Waals surface area contributed by atoms with E-state index in [4.69, 9.17) is 11.6 Å². The van der Waals surface area contributed by atoms with Crippen molar-refractivity contribution in [1.29, 1.82) is 0 Å². The predicted molar refractivity (Wildman–Crippen MR) is 88.9 cm³/mol. The van der Waals surface area contributed by atoms with E-state index >= 15 is 0 Å². The summed E-state index contributed by atoms with van der Waals surface area (Å²) in [6.45, 7) is 12.6. The fourth-order valence-electron chi connectivity index (χ4n) is 2.63. The third-order valence-electron chi connectivity index (χ3n) is 3.87. The summed E-state index contributed by atoms with van der Waals surface area (Å²) >= 11 is 6.29. The molecule has 0 saturated heterocycles. The molecule has 0 radical (unpaired) electrons. The minimum atomic E-state index is -0.104. The van der Waals surface area contributed by atoms with Crippen LogP contribution in [-0.2, 0) is 6.54 Å². The van der Waals surface area contributed by atoms with Crippen LogP contribution in [0.5, 0.6) is 0 Å². The number of aromatic nitrogens is 3. The molecule has 116 valence electrons. The fraction of sp³-hybridized carbons (Fsp3) is 0.625. The van der Waals surface area contributed by atoms with E-state index in [2.05, 4.69) is 33.3 Å². The van der Waals surface area contributed by atoms with Crippen molar-refractivity contribution in [2.75, 3.05) is 19.6 Å². The number of alkyl halides is 1. The van der Waals surface area contributed by atoms with Crippen LogP contribution in [0.1, 0.15) is 44.1 Å². The van der Waals surface area contributed by atoms with Crippen molar-refractivity contribution in [2.24, 2.45) is 0 Å². The minimum absolute atomic E-state index is 0.104. The molecule has 0 aliphatic carbocycles. The summed E-state index contributed by atoms with van der Waals surface area (Å²) in [7, 11) is 0. The monoisotopic (exact) mass is 308 g/mol. The summed E-state index contributed by atoms with van der Waals surface area (Å²) in [6.07, 6.45) is 1.08. The first-order valence-electron chi connectivity index (χ1n) is 7.77. The Morgan fingerprint density at radius 2 is 1.95 bits per heavy atom. The molecule has 0 saturated carbocycles. The van der Waals surface area contributed by atoms with Crippen LogP contribution in [0.4, 0.5) is 0 Å². The average Bonchev–Trinajstić information content (AvgIpc) is 2.82. The highest BCUT2D eigenvalue weighted by atomic mass is 35.5. The zero-order valence-corrected chi connectivity index (χ0v) is 14.2. The van der Waals surface area contributed by atoms with E-state index in [0.717, 1.165) is 55.3 Å². The topological polar surface area (TPSA) is 34.0 Å². The predicted octanol–water partition coefficient (Wildman–Crippen LogP) is 3.77. The molecule has 2 rings (SSSR count). The first-order valence-corrected chi connectivity index (χ1v) is 8.20. The van der Waals surface area contributed by atoms with Crippen LogP contribution < -0.4 is 0 Å². The summed E-state index contributed by atoms with van der Waals surface area (Å²) in [6, 6.07) is 4.03. The van der Waals surface area contributed by atoms with Gasteiger partial charge in [0.25, 0.3) is 0 Å². The molecule has 0 N–H and O–H groups in total. The number of halogens is 1. The molecule has 0 aliphatic heterocycles. The average molecular weight is 309 g/mol. The maximum Gasteiger partial charge on any atom is 0.160 e. The van der Waals surface area contributed by atoms with Gasteiger partial charge in [-0.05, 0) is 52.0 Å². The summed E-state index contributed by atoms with van der Waals surface area (Å²) in [5.74, 6) is 0.921. The Morgan fingerprint density at radius 3 is 2.57 bits per heavy atom. The molecule has 1 unspecified atom stereocenters. The van der Waals surface area contributed by atoms with E-state index in [0.29, 0.717) is 0 Å². The summed E-state index contributed by atoms with van der Waals surface area (Å²) in [5, 5.41) is -0.104. The van der Waals surface area contributed by atoms with Gasteiger partial charge in [-0.1, -0.05) is 13.8 Å². The molecule has 0 aliphatic rings. The van der Waals surface area contributed by atoms with Crippen molar-refractivity contribution in [3.8, 4) is 0 Å². The van der Waals surface area contributed by atoms with Crippen molar-refractivity contribution in [2.45, 2.75) is 46.0 Å². The second-order valence-electron chi connectivity index (χ2n) is 5.41. The smallest absolute Gasteiger partial charge is 0.160 e. The Hall–Kier alpha value is -1.13. The molecule has 0 spiro atoms. The number of imidazole rings is 1. The lowest BCUT2D eigenvalue weighted by molar-refractivity contribution is 0.293. The molecular weight excluding hydrogens is 284 g/mol. The van der Waals surface area contributed by atoms with Gasteiger partial charge in [0.1, 0.15) is 11.3 Å². The van der Waals surface area contributed by atoms with Gasteiger partial charge in [-0.15, -0.1) is 11.6 Å². The van der Waals surface area contributed by atoms with Crippen LogP contribution >= 0.6 is 11.6 Å². The largest absolute Gasteiger partial charge is 0.311 e. The van der Waals surface area contributed by atoms with Gasteiger partial charge >= 0.3 is 0 Å². The van der Waals surface area contributed by atoms with Gasteiger partial charge in [0.2, 0.25) is 0 Å². The highest BCUT2D eigenvalue weighted by Gasteiger charge is 2.16. The molecular formula is C16H25ClN4. The van der Waals surface area contributed by atoms with E-state index in [1.165, 1.54) is 0 Å². The van der Waals surface area contributed by atoms with E-state index in [9.17, 15) is 0 Å². The van der Waals surface area contributed by atoms with Gasteiger partial charge in [-0.3, -0.25) is 0 Å². The molecule has 2 aromatic heterocycles. The van der Waals surface area contributed by atoms with Crippen LogP contribution in [0.2, 0.25) is 0 Å². The Labute approximate surface area is 132 Å². The van der Waals surface area contributed by atoms with Crippen LogP contribution in [0.3, 0.4) is 0 Å². The third kappa shape index (κ3) is 3.74. The maximum absolute atomic E-state index is 6.29. The number of hydrogen-bond acceptors (Lipinski definition) is 3. The standard InChI is InChI=1S/C16H25ClN4/c1-5-20(6-2)10-7-11-21-15(13(4)17)19-14-9-8-12(3)18-16(14)21/h8-9,13H,5-7,10-11H2,1-4H3. The van der Waals surface area contributed by atoms with Crippen molar-refractivity contribution in [1.82, 2.24) is 19.4 Å². The molecule has 1 atom stereocenters. The fourth-order valence-corrected chi connectivity index (χ4v) is 2.80. The Balaban J connectivity index is 2.23. The normalized spacial score (nSPS) is 13.2. The molecule has 0 amide bonds. The number of nitrogens with zero attached hydrogens (tertiary/aromatic N) is 4. The van der Waals surface area contributed by atoms with Crippen LogP contribution in [-0.4, -0.2) is 39.1 Å². The maximum atomic E-state index is 6.29. The Morgan fingerprint density at radius 1 is 1.24 bits per heavy atom. The van der Waals surface area contributed by atoms with Crippen LogP contribution in [0.15, 0.2) is 12.1 Å². The van der Waals surface area contributed by atoms with Crippen LogP contribution in [0.25, 0.3) is 11.2 Å². The van der Waals surface area contributed by atoms with Crippen molar-refractivity contribution in [3.05, 3.63) is 23.7 Å². The molecule has 21 heavy (non-hydrogen) atoms. The quantitative estimate of drug-likeness (QED) is 0.730. The molecule has 4 nitrogen and oxygen atoms in total. The summed E-state index contributed by atoms with van der Waals surface area (Å²) in [5.41, 5.74) is 2.91. The number of pyridine rings is 1. The number of rotatable bonds is 7. The van der Waals surface area contributed by atoms with Crippen LogP contribution in [0, 0.1) is 6.92 Å². The van der Waals surface area contributed by atoms with E-state index in [1.54, 1.807) is 0 Å². The van der Waals surface area contributed by atoms with Gasteiger partial charge in [-0.2, -0.15) is 0 Å². The number of hydrogen-bond donors (Lipinski definition) is 0. The zero-order chi connectivity index (χ0) is 15.4. The van der Waals surface area contributed by atoms with Gasteiger partial charge in [-0.25, -0.2) is 9.97 Å². The van der Waals surface area contributed by atoms with Gasteiger partial charge in [0.05, 0.1) is 5.38 Å². The summed E-state index contributed by atoms with van der Waals surface area (Å²) in [4.78, 5) is 11.7. The highest BCUT2D eigenvalue weighted by molar-refractivity contribution is 6.20. The van der Waals surface area contributed by atoms with E-state index in [1.807, 2.05) is 26.0 Å². The third-order valence-corrected chi connectivity index (χ3v) is 4.06.